The van der Waals surface area contributed by atoms with Crippen LogP contribution in [0, 0.1) is 0 Å². The van der Waals surface area contributed by atoms with Crippen LogP contribution in [-0.2, 0) is 0 Å². The fourth-order valence-electron chi connectivity index (χ4n) is 1.93. The summed E-state index contributed by atoms with van der Waals surface area (Å²) in [5, 5.41) is 0. The Morgan fingerprint density at radius 1 is 1.27 bits per heavy atom. The number of nitrogens with two attached hydrogens (primary N) is 1. The molecule has 1 aliphatic rings. The fraction of sp³-hybridized carbons (Fsp3) is 0.400. The van der Waals surface area contributed by atoms with Crippen LogP contribution in [0.4, 0.5) is 0 Å². The maximum absolute atomic E-state index is 5.94. The van der Waals surface area contributed by atoms with Crippen molar-refractivity contribution >= 4 is 0 Å². The predicted molar refractivity (Wildman–Crippen MR) is 46.4 cm³/mol. The van der Waals surface area contributed by atoms with Crippen molar-refractivity contribution in [1.82, 2.24) is 0 Å². The first-order valence-corrected chi connectivity index (χ1v) is 4.13. The normalized spacial score (nSPS) is 28.5. The lowest BCUT2D eigenvalue weighted by atomic mass is 10.0. The SMILES string of the molecule is CC1CC(N)c2ccccc21. The second-order valence-corrected chi connectivity index (χ2v) is 3.37. The van der Waals surface area contributed by atoms with Crippen LogP contribution in [0.25, 0.3) is 0 Å². The van der Waals surface area contributed by atoms with E-state index in [0.29, 0.717) is 5.92 Å². The van der Waals surface area contributed by atoms with Crippen LogP contribution in [0.5, 0.6) is 0 Å². The molecule has 2 rings (SSSR count). The highest BCUT2D eigenvalue weighted by molar-refractivity contribution is 5.37. The van der Waals surface area contributed by atoms with Gasteiger partial charge in [-0.25, -0.2) is 0 Å². The summed E-state index contributed by atoms with van der Waals surface area (Å²) < 4.78 is 0. The van der Waals surface area contributed by atoms with Gasteiger partial charge in [-0.15, -0.1) is 0 Å². The van der Waals surface area contributed by atoms with Crippen molar-refractivity contribution in [3.63, 3.8) is 0 Å². The van der Waals surface area contributed by atoms with Gasteiger partial charge >= 0.3 is 0 Å². The molecule has 0 spiro atoms. The molecule has 0 fully saturated rings. The highest BCUT2D eigenvalue weighted by Crippen LogP contribution is 2.37. The number of hydrogen-bond donors (Lipinski definition) is 1. The molecule has 0 amide bonds. The van der Waals surface area contributed by atoms with Crippen LogP contribution in [0.3, 0.4) is 0 Å². The second-order valence-electron chi connectivity index (χ2n) is 3.37. The highest BCUT2D eigenvalue weighted by atomic mass is 14.7. The first-order valence-electron chi connectivity index (χ1n) is 4.13. The molecule has 1 aliphatic carbocycles. The van der Waals surface area contributed by atoms with E-state index >= 15 is 0 Å². The van der Waals surface area contributed by atoms with Crippen LogP contribution in [0.1, 0.15) is 36.4 Å². The molecule has 1 aromatic carbocycles. The van der Waals surface area contributed by atoms with Crippen molar-refractivity contribution in [3.8, 4) is 0 Å². The number of benzene rings is 1. The molecular weight excluding hydrogens is 134 g/mol. The molecular formula is C10H13N. The third kappa shape index (κ3) is 0.962. The van der Waals surface area contributed by atoms with Crippen molar-refractivity contribution in [1.29, 1.82) is 0 Å². The van der Waals surface area contributed by atoms with Crippen LogP contribution in [0.2, 0.25) is 0 Å². The van der Waals surface area contributed by atoms with Gasteiger partial charge in [-0.1, -0.05) is 31.2 Å². The quantitative estimate of drug-likeness (QED) is 0.598. The van der Waals surface area contributed by atoms with E-state index in [-0.39, 0.29) is 6.04 Å². The molecule has 0 saturated carbocycles. The van der Waals surface area contributed by atoms with Gasteiger partial charge in [0.15, 0.2) is 0 Å². The standard InChI is InChI=1S/C10H13N/c1-7-6-10(11)9-5-3-2-4-8(7)9/h2-5,7,10H,6,11H2,1H3. The van der Waals surface area contributed by atoms with Gasteiger partial charge in [-0.2, -0.15) is 0 Å². The van der Waals surface area contributed by atoms with Crippen molar-refractivity contribution in [2.45, 2.75) is 25.3 Å². The Hall–Kier alpha value is -0.820. The zero-order chi connectivity index (χ0) is 7.84. The van der Waals surface area contributed by atoms with Crippen molar-refractivity contribution in [3.05, 3.63) is 35.4 Å². The highest BCUT2D eigenvalue weighted by Gasteiger charge is 2.24. The lowest BCUT2D eigenvalue weighted by molar-refractivity contribution is 0.640. The average molecular weight is 147 g/mol. The fourth-order valence-corrected chi connectivity index (χ4v) is 1.93. The third-order valence-electron chi connectivity index (χ3n) is 2.53. The van der Waals surface area contributed by atoms with Gasteiger partial charge in [-0.05, 0) is 23.5 Å². The Morgan fingerprint density at radius 3 is 2.55 bits per heavy atom. The zero-order valence-corrected chi connectivity index (χ0v) is 6.75. The summed E-state index contributed by atoms with van der Waals surface area (Å²) in [4.78, 5) is 0. The Morgan fingerprint density at radius 2 is 1.91 bits per heavy atom. The minimum atomic E-state index is 0.279. The van der Waals surface area contributed by atoms with E-state index in [9.17, 15) is 0 Å². The number of fused-ring (bicyclic) bond motifs is 1. The molecule has 1 aromatic rings. The van der Waals surface area contributed by atoms with Crippen LogP contribution in [0.15, 0.2) is 24.3 Å². The van der Waals surface area contributed by atoms with Gasteiger partial charge in [0.25, 0.3) is 0 Å². The van der Waals surface area contributed by atoms with Gasteiger partial charge < -0.3 is 5.73 Å². The lowest BCUT2D eigenvalue weighted by Gasteiger charge is -2.02. The smallest absolute Gasteiger partial charge is 0.0303 e. The Balaban J connectivity index is 2.52. The molecule has 0 saturated heterocycles. The molecule has 2 unspecified atom stereocenters. The maximum Gasteiger partial charge on any atom is 0.0303 e. The van der Waals surface area contributed by atoms with E-state index in [1.54, 1.807) is 0 Å². The van der Waals surface area contributed by atoms with E-state index in [1.807, 2.05) is 0 Å². The summed E-state index contributed by atoms with van der Waals surface area (Å²) in [6.45, 7) is 2.24. The van der Waals surface area contributed by atoms with E-state index in [0.717, 1.165) is 6.42 Å². The molecule has 58 valence electrons. The van der Waals surface area contributed by atoms with E-state index in [1.165, 1.54) is 11.1 Å². The van der Waals surface area contributed by atoms with Gasteiger partial charge in [0.05, 0.1) is 0 Å². The minimum absolute atomic E-state index is 0.279. The topological polar surface area (TPSA) is 26.0 Å². The average Bonchev–Trinajstić information content (AvgIpc) is 2.30. The van der Waals surface area contributed by atoms with Crippen LogP contribution >= 0.6 is 0 Å². The largest absolute Gasteiger partial charge is 0.324 e. The molecule has 1 heteroatoms. The van der Waals surface area contributed by atoms with Gasteiger partial charge in [0.1, 0.15) is 0 Å². The van der Waals surface area contributed by atoms with Gasteiger partial charge in [0.2, 0.25) is 0 Å². The first-order chi connectivity index (χ1) is 5.29. The summed E-state index contributed by atoms with van der Waals surface area (Å²) in [6.07, 6.45) is 1.11. The molecule has 11 heavy (non-hydrogen) atoms. The van der Waals surface area contributed by atoms with E-state index in [4.69, 9.17) is 5.73 Å². The first kappa shape index (κ1) is 6.86. The summed E-state index contributed by atoms with van der Waals surface area (Å²) in [5.41, 5.74) is 8.73. The van der Waals surface area contributed by atoms with E-state index in [2.05, 4.69) is 31.2 Å². The Bertz CT molecular complexity index is 240. The monoisotopic (exact) mass is 147 g/mol. The molecule has 1 nitrogen and oxygen atoms in total. The third-order valence-corrected chi connectivity index (χ3v) is 2.53. The molecule has 0 heterocycles. The molecule has 0 radical (unpaired) electrons. The second kappa shape index (κ2) is 2.35. The maximum atomic E-state index is 5.94. The van der Waals surface area contributed by atoms with Gasteiger partial charge in [-0.3, -0.25) is 0 Å². The lowest BCUT2D eigenvalue weighted by Crippen LogP contribution is -2.04. The predicted octanol–water partition coefficient (Wildman–Crippen LogP) is 2.19. The van der Waals surface area contributed by atoms with Crippen molar-refractivity contribution in [2.75, 3.05) is 0 Å². The van der Waals surface area contributed by atoms with Crippen LogP contribution in [-0.4, -0.2) is 0 Å². The molecule has 2 N–H and O–H groups in total. The summed E-state index contributed by atoms with van der Waals surface area (Å²) in [7, 11) is 0. The van der Waals surface area contributed by atoms with Crippen LogP contribution < -0.4 is 5.73 Å². The van der Waals surface area contributed by atoms with E-state index < -0.39 is 0 Å². The summed E-state index contributed by atoms with van der Waals surface area (Å²) in [6, 6.07) is 8.77. The Labute approximate surface area is 67.2 Å². The molecule has 2 atom stereocenters. The molecule has 0 bridgehead atoms. The molecule has 0 aromatic heterocycles. The van der Waals surface area contributed by atoms with Crippen molar-refractivity contribution < 1.29 is 0 Å². The van der Waals surface area contributed by atoms with Gasteiger partial charge in [0, 0.05) is 6.04 Å². The zero-order valence-electron chi connectivity index (χ0n) is 6.75. The summed E-state index contributed by atoms with van der Waals surface area (Å²) in [5.74, 6) is 0.654. The minimum Gasteiger partial charge on any atom is -0.324 e. The molecule has 0 aliphatic heterocycles. The Kier molecular flexibility index (Phi) is 1.46. The summed E-state index contributed by atoms with van der Waals surface area (Å²) >= 11 is 0. The van der Waals surface area contributed by atoms with Crippen molar-refractivity contribution in [2.24, 2.45) is 5.73 Å². The number of rotatable bonds is 0. The number of hydrogen-bond acceptors (Lipinski definition) is 1.